The fourth-order valence-corrected chi connectivity index (χ4v) is 3.24. The number of nitro benzene ring substituents is 1. The summed E-state index contributed by atoms with van der Waals surface area (Å²) in [6.07, 6.45) is 1.06. The molecule has 10 nitrogen and oxygen atoms in total. The number of carbonyl (C=O) groups excluding carboxylic acids is 2. The first-order valence-corrected chi connectivity index (χ1v) is 8.64. The number of hydrogen-bond donors (Lipinski definition) is 3. The van der Waals surface area contributed by atoms with Gasteiger partial charge in [0.05, 0.1) is 23.8 Å². The van der Waals surface area contributed by atoms with Gasteiger partial charge in [-0.25, -0.2) is 5.43 Å². The Kier molecular flexibility index (Phi) is 5.72. The Morgan fingerprint density at radius 1 is 1.34 bits per heavy atom. The van der Waals surface area contributed by atoms with Crippen molar-refractivity contribution in [2.45, 2.75) is 5.92 Å². The summed E-state index contributed by atoms with van der Waals surface area (Å²) in [6.45, 7) is 0.325. The molecule has 3 rings (SSSR count). The normalized spacial score (nSPS) is 18.4. The number of ether oxygens (including phenoxy) is 1. The number of phenolic OH excluding ortho intramolecular Hbond substituents is 1. The molecule has 29 heavy (non-hydrogen) atoms. The van der Waals surface area contributed by atoms with E-state index in [1.807, 2.05) is 30.3 Å². The Bertz CT molecular complexity index is 976. The van der Waals surface area contributed by atoms with Crippen LogP contribution in [-0.4, -0.2) is 41.7 Å². The standard InChI is InChI=1S/C19H18N4O6/c1-29-17-14(24)8-7-12(16(17)23(27)28)9-21-22-19(26)15-13(10-20-18(15)25)11-5-3-2-4-6-11/h2-9,13,15,24H,10H2,1H3,(H,20,25)(H,22,26). The molecular weight excluding hydrogens is 380 g/mol. The van der Waals surface area contributed by atoms with Crippen LogP contribution < -0.4 is 15.5 Å². The predicted octanol–water partition coefficient (Wildman–Crippen LogP) is 1.29. The van der Waals surface area contributed by atoms with Gasteiger partial charge in [-0.3, -0.25) is 19.7 Å². The highest BCUT2D eigenvalue weighted by Crippen LogP contribution is 2.38. The highest BCUT2D eigenvalue weighted by molar-refractivity contribution is 6.03. The maximum absolute atomic E-state index is 12.5. The molecule has 2 atom stereocenters. The summed E-state index contributed by atoms with van der Waals surface area (Å²) >= 11 is 0. The number of rotatable bonds is 6. The van der Waals surface area contributed by atoms with Crippen molar-refractivity contribution in [2.24, 2.45) is 11.0 Å². The van der Waals surface area contributed by atoms with Gasteiger partial charge in [-0.05, 0) is 17.7 Å². The van der Waals surface area contributed by atoms with Crippen molar-refractivity contribution in [3.63, 3.8) is 0 Å². The lowest BCUT2D eigenvalue weighted by Gasteiger charge is -2.15. The molecule has 150 valence electrons. The summed E-state index contributed by atoms with van der Waals surface area (Å²) in [6, 6.07) is 11.6. The minimum atomic E-state index is -0.973. The number of hydrazone groups is 1. The van der Waals surface area contributed by atoms with E-state index in [-0.39, 0.29) is 17.2 Å². The Labute approximate surface area is 165 Å². The number of amides is 2. The molecule has 1 fully saturated rings. The van der Waals surface area contributed by atoms with Gasteiger partial charge in [-0.15, -0.1) is 0 Å². The van der Waals surface area contributed by atoms with Crippen LogP contribution in [0.2, 0.25) is 0 Å². The first kappa shape index (κ1) is 19.8. The van der Waals surface area contributed by atoms with E-state index in [2.05, 4.69) is 15.8 Å². The lowest BCUT2D eigenvalue weighted by molar-refractivity contribution is -0.386. The molecule has 10 heteroatoms. The zero-order valence-corrected chi connectivity index (χ0v) is 15.4. The minimum absolute atomic E-state index is 0.0143. The zero-order chi connectivity index (χ0) is 21.0. The molecule has 2 unspecified atom stereocenters. The molecule has 1 heterocycles. The first-order valence-electron chi connectivity index (χ1n) is 8.64. The number of hydrogen-bond acceptors (Lipinski definition) is 7. The molecule has 1 saturated heterocycles. The van der Waals surface area contributed by atoms with Crippen LogP contribution in [0.25, 0.3) is 0 Å². The van der Waals surface area contributed by atoms with Gasteiger partial charge in [-0.2, -0.15) is 5.10 Å². The van der Waals surface area contributed by atoms with Crippen molar-refractivity contribution in [2.75, 3.05) is 13.7 Å². The van der Waals surface area contributed by atoms with Gasteiger partial charge in [0, 0.05) is 12.5 Å². The number of nitrogens with one attached hydrogen (secondary N) is 2. The Balaban J connectivity index is 1.79. The van der Waals surface area contributed by atoms with Gasteiger partial charge in [0.15, 0.2) is 5.75 Å². The molecule has 0 bridgehead atoms. The fraction of sp³-hybridized carbons (Fsp3) is 0.211. The summed E-state index contributed by atoms with van der Waals surface area (Å²) in [5.74, 6) is -3.07. The third-order valence-electron chi connectivity index (χ3n) is 4.60. The van der Waals surface area contributed by atoms with E-state index >= 15 is 0 Å². The van der Waals surface area contributed by atoms with E-state index < -0.39 is 34.1 Å². The Morgan fingerprint density at radius 3 is 2.72 bits per heavy atom. The average Bonchev–Trinajstić information content (AvgIpc) is 3.10. The Morgan fingerprint density at radius 2 is 2.07 bits per heavy atom. The third kappa shape index (κ3) is 4.00. The number of phenols is 1. The lowest BCUT2D eigenvalue weighted by Crippen LogP contribution is -2.34. The highest BCUT2D eigenvalue weighted by atomic mass is 16.6. The molecular formula is C19H18N4O6. The topological polar surface area (TPSA) is 143 Å². The molecule has 1 aliphatic heterocycles. The molecule has 2 amide bonds. The number of nitrogens with zero attached hydrogens (tertiary/aromatic N) is 2. The monoisotopic (exact) mass is 398 g/mol. The molecule has 0 saturated carbocycles. The lowest BCUT2D eigenvalue weighted by atomic mass is 9.88. The third-order valence-corrected chi connectivity index (χ3v) is 4.60. The van der Waals surface area contributed by atoms with Crippen molar-refractivity contribution in [1.82, 2.24) is 10.7 Å². The number of aromatic hydroxyl groups is 1. The van der Waals surface area contributed by atoms with Gasteiger partial charge in [-0.1, -0.05) is 30.3 Å². The maximum Gasteiger partial charge on any atom is 0.323 e. The van der Waals surface area contributed by atoms with Crippen LogP contribution in [-0.2, 0) is 9.59 Å². The largest absolute Gasteiger partial charge is 0.504 e. The molecule has 0 aliphatic carbocycles. The minimum Gasteiger partial charge on any atom is -0.504 e. The molecule has 2 aromatic rings. The van der Waals surface area contributed by atoms with E-state index in [1.165, 1.54) is 19.2 Å². The molecule has 0 aromatic heterocycles. The number of nitro groups is 1. The molecule has 3 N–H and O–H groups in total. The smallest absolute Gasteiger partial charge is 0.323 e. The second kappa shape index (κ2) is 8.38. The van der Waals surface area contributed by atoms with Gasteiger partial charge in [0.1, 0.15) is 5.92 Å². The highest BCUT2D eigenvalue weighted by Gasteiger charge is 2.41. The van der Waals surface area contributed by atoms with Crippen molar-refractivity contribution in [3.8, 4) is 11.5 Å². The first-order chi connectivity index (χ1) is 13.9. The van der Waals surface area contributed by atoms with Gasteiger partial charge >= 0.3 is 5.69 Å². The van der Waals surface area contributed by atoms with Crippen molar-refractivity contribution in [1.29, 1.82) is 0 Å². The quantitative estimate of drug-likeness (QED) is 0.290. The number of carbonyl (C=O) groups is 2. The van der Waals surface area contributed by atoms with Crippen LogP contribution in [0.1, 0.15) is 17.0 Å². The second-order valence-corrected chi connectivity index (χ2v) is 6.29. The Hall–Kier alpha value is -3.95. The van der Waals surface area contributed by atoms with Crippen LogP contribution in [0, 0.1) is 16.0 Å². The molecule has 1 aliphatic rings. The summed E-state index contributed by atoms with van der Waals surface area (Å²) < 4.78 is 4.87. The average molecular weight is 398 g/mol. The fourth-order valence-electron chi connectivity index (χ4n) is 3.24. The number of methoxy groups -OCH3 is 1. The zero-order valence-electron chi connectivity index (χ0n) is 15.4. The van der Waals surface area contributed by atoms with Crippen LogP contribution in [0.3, 0.4) is 0 Å². The van der Waals surface area contributed by atoms with Crippen molar-refractivity contribution >= 4 is 23.7 Å². The maximum atomic E-state index is 12.5. The summed E-state index contributed by atoms with van der Waals surface area (Å²) in [5.41, 5.74) is 2.63. The second-order valence-electron chi connectivity index (χ2n) is 6.29. The van der Waals surface area contributed by atoms with Crippen molar-refractivity contribution < 1.29 is 24.4 Å². The summed E-state index contributed by atoms with van der Waals surface area (Å²) in [5, 5.41) is 27.4. The van der Waals surface area contributed by atoms with E-state index in [0.29, 0.717) is 6.54 Å². The van der Waals surface area contributed by atoms with Crippen LogP contribution in [0.5, 0.6) is 11.5 Å². The molecule has 2 aromatic carbocycles. The summed E-state index contributed by atoms with van der Waals surface area (Å²) in [7, 11) is 1.19. The van der Waals surface area contributed by atoms with E-state index in [4.69, 9.17) is 4.74 Å². The van der Waals surface area contributed by atoms with Crippen LogP contribution in [0.4, 0.5) is 5.69 Å². The summed E-state index contributed by atoms with van der Waals surface area (Å²) in [4.78, 5) is 35.3. The predicted molar refractivity (Wildman–Crippen MR) is 103 cm³/mol. The number of benzene rings is 2. The molecule has 0 radical (unpaired) electrons. The van der Waals surface area contributed by atoms with Gasteiger partial charge < -0.3 is 15.2 Å². The van der Waals surface area contributed by atoms with Crippen LogP contribution in [0.15, 0.2) is 47.6 Å². The van der Waals surface area contributed by atoms with Gasteiger partial charge in [0.2, 0.25) is 11.7 Å². The SMILES string of the molecule is COc1c(O)ccc(C=NNC(=O)C2C(=O)NCC2c2ccccc2)c1[N+](=O)[O-]. The van der Waals surface area contributed by atoms with Gasteiger partial charge in [0.25, 0.3) is 5.91 Å². The molecule has 0 spiro atoms. The van der Waals surface area contributed by atoms with Crippen LogP contribution >= 0.6 is 0 Å². The van der Waals surface area contributed by atoms with E-state index in [1.54, 1.807) is 0 Å². The van der Waals surface area contributed by atoms with E-state index in [9.17, 15) is 24.8 Å². The van der Waals surface area contributed by atoms with E-state index in [0.717, 1.165) is 11.8 Å². The van der Waals surface area contributed by atoms with Crippen molar-refractivity contribution in [3.05, 3.63) is 63.7 Å².